The minimum Gasteiger partial charge on any atom is -0.345 e. The molecule has 0 aliphatic rings. The summed E-state index contributed by atoms with van der Waals surface area (Å²) in [7, 11) is -4.05. The Morgan fingerprint density at radius 1 is 0.970 bits per heavy atom. The third-order valence-electron chi connectivity index (χ3n) is 5.29. The third kappa shape index (κ3) is 4.84. The lowest BCUT2D eigenvalue weighted by Gasteiger charge is -2.20. The van der Waals surface area contributed by atoms with E-state index in [9.17, 15) is 13.2 Å². The third-order valence-corrected chi connectivity index (χ3v) is 7.00. The lowest BCUT2D eigenvalue weighted by Crippen LogP contribution is -2.29. The van der Waals surface area contributed by atoms with Gasteiger partial charge in [0, 0.05) is 11.6 Å². The lowest BCUT2D eigenvalue weighted by molar-refractivity contribution is 0.0936. The molecule has 4 aromatic rings. The van der Waals surface area contributed by atoms with Gasteiger partial charge < -0.3 is 5.32 Å². The number of hydrogen-bond acceptors (Lipinski definition) is 4. The van der Waals surface area contributed by atoms with Crippen LogP contribution in [-0.4, -0.2) is 19.3 Å². The Bertz CT molecular complexity index is 1400. The zero-order chi connectivity index (χ0) is 23.4. The van der Waals surface area contributed by atoms with Crippen molar-refractivity contribution < 1.29 is 13.2 Å². The van der Waals surface area contributed by atoms with Crippen molar-refractivity contribution in [2.45, 2.75) is 24.3 Å². The summed E-state index contributed by atoms with van der Waals surface area (Å²) in [6, 6.07) is 22.4. The Morgan fingerprint density at radius 2 is 1.70 bits per heavy atom. The van der Waals surface area contributed by atoms with Gasteiger partial charge in [0.15, 0.2) is 0 Å². The molecule has 0 radical (unpaired) electrons. The molecule has 0 aliphatic carbocycles. The van der Waals surface area contributed by atoms with E-state index < -0.39 is 15.9 Å². The van der Waals surface area contributed by atoms with E-state index in [4.69, 9.17) is 11.6 Å². The number of benzene rings is 3. The Balaban J connectivity index is 1.69. The van der Waals surface area contributed by atoms with Crippen LogP contribution >= 0.6 is 11.6 Å². The van der Waals surface area contributed by atoms with Crippen LogP contribution in [0.2, 0.25) is 5.02 Å². The van der Waals surface area contributed by atoms with Crippen LogP contribution in [0.5, 0.6) is 0 Å². The first-order valence-electron chi connectivity index (χ1n) is 10.4. The first kappa shape index (κ1) is 22.8. The molecule has 0 aliphatic heterocycles. The van der Waals surface area contributed by atoms with E-state index in [0.717, 1.165) is 5.56 Å². The van der Waals surface area contributed by atoms with Crippen LogP contribution in [0.1, 0.15) is 35.3 Å². The summed E-state index contributed by atoms with van der Waals surface area (Å²) in [4.78, 5) is 17.5. The molecular weight excluding hydrogens is 458 g/mol. The van der Waals surface area contributed by atoms with E-state index in [0.29, 0.717) is 17.3 Å². The summed E-state index contributed by atoms with van der Waals surface area (Å²) in [5, 5.41) is 3.80. The molecule has 1 unspecified atom stereocenters. The number of anilines is 1. The van der Waals surface area contributed by atoms with Crippen LogP contribution < -0.4 is 10.0 Å². The lowest BCUT2D eigenvalue weighted by atomic mass is 10.0. The van der Waals surface area contributed by atoms with E-state index in [1.54, 1.807) is 36.4 Å². The number of sulfonamides is 1. The van der Waals surface area contributed by atoms with Crippen molar-refractivity contribution in [3.63, 3.8) is 0 Å². The van der Waals surface area contributed by atoms with Crippen LogP contribution in [0.25, 0.3) is 10.9 Å². The molecule has 2 N–H and O–H groups in total. The highest BCUT2D eigenvalue weighted by atomic mass is 35.5. The monoisotopic (exact) mass is 479 g/mol. The summed E-state index contributed by atoms with van der Waals surface area (Å²) < 4.78 is 29.1. The van der Waals surface area contributed by atoms with Crippen molar-refractivity contribution in [2.75, 3.05) is 4.72 Å². The van der Waals surface area contributed by atoms with Crippen LogP contribution in [0.3, 0.4) is 0 Å². The highest BCUT2D eigenvalue weighted by Crippen LogP contribution is 2.29. The van der Waals surface area contributed by atoms with Crippen molar-refractivity contribution >= 4 is 44.1 Å². The number of aromatic nitrogens is 1. The SMILES string of the molecule is CCC(NC(=O)c1c(Cl)cccc1NS(=O)(=O)c1cccc2cccnc12)c1ccccc1. The number of hydrogen-bond donors (Lipinski definition) is 2. The summed E-state index contributed by atoms with van der Waals surface area (Å²) in [6.45, 7) is 1.96. The van der Waals surface area contributed by atoms with Crippen LogP contribution in [0, 0.1) is 0 Å². The number of carbonyl (C=O) groups is 1. The molecule has 4 rings (SSSR count). The quantitative estimate of drug-likeness (QED) is 0.362. The first-order valence-corrected chi connectivity index (χ1v) is 12.3. The summed E-state index contributed by atoms with van der Waals surface area (Å²) >= 11 is 6.36. The fourth-order valence-corrected chi connectivity index (χ4v) is 5.18. The smallest absolute Gasteiger partial charge is 0.264 e. The minimum absolute atomic E-state index is 0.0163. The fourth-order valence-electron chi connectivity index (χ4n) is 3.67. The molecule has 1 amide bonds. The first-order chi connectivity index (χ1) is 15.9. The molecule has 0 saturated heterocycles. The zero-order valence-corrected chi connectivity index (χ0v) is 19.4. The number of amides is 1. The van der Waals surface area contributed by atoms with Crippen molar-refractivity contribution in [3.8, 4) is 0 Å². The van der Waals surface area contributed by atoms with Crippen molar-refractivity contribution in [1.82, 2.24) is 10.3 Å². The second-order valence-corrected chi connectivity index (χ2v) is 9.50. The van der Waals surface area contributed by atoms with Gasteiger partial charge in [0.25, 0.3) is 15.9 Å². The van der Waals surface area contributed by atoms with Crippen LogP contribution in [-0.2, 0) is 10.0 Å². The van der Waals surface area contributed by atoms with Gasteiger partial charge in [-0.25, -0.2) is 8.42 Å². The number of halogens is 1. The molecule has 168 valence electrons. The summed E-state index contributed by atoms with van der Waals surface area (Å²) in [5.41, 5.74) is 1.45. The molecule has 1 heterocycles. The molecule has 1 aromatic heterocycles. The number of carbonyl (C=O) groups excluding carboxylic acids is 1. The van der Waals surface area contributed by atoms with Gasteiger partial charge in [-0.3, -0.25) is 14.5 Å². The normalized spacial score (nSPS) is 12.3. The van der Waals surface area contributed by atoms with E-state index >= 15 is 0 Å². The molecular formula is C25H22ClN3O3S. The Labute approximate surface area is 197 Å². The number of pyridine rings is 1. The maximum absolute atomic E-state index is 13.3. The zero-order valence-electron chi connectivity index (χ0n) is 17.8. The predicted molar refractivity (Wildman–Crippen MR) is 131 cm³/mol. The topological polar surface area (TPSA) is 88.2 Å². The minimum atomic E-state index is -4.05. The maximum Gasteiger partial charge on any atom is 0.264 e. The second kappa shape index (κ2) is 9.60. The molecule has 3 aromatic carbocycles. The molecule has 0 bridgehead atoms. The molecule has 0 saturated carbocycles. The molecule has 0 fully saturated rings. The Hall–Kier alpha value is -3.42. The standard InChI is InChI=1S/C25H22ClN3O3S/c1-2-20(17-9-4-3-5-10-17)28-25(30)23-19(26)13-7-14-21(23)29-33(31,32)22-15-6-11-18-12-8-16-27-24(18)22/h3-16,20,29H,2H2,1H3,(H,28,30). The van der Waals surface area contributed by atoms with Crippen molar-refractivity contribution in [1.29, 1.82) is 0 Å². The van der Waals surface area contributed by atoms with Crippen LogP contribution in [0.15, 0.2) is 90.0 Å². The van der Waals surface area contributed by atoms with Gasteiger partial charge in [-0.05, 0) is 36.2 Å². The average molecular weight is 480 g/mol. The summed E-state index contributed by atoms with van der Waals surface area (Å²) in [6.07, 6.45) is 2.19. The summed E-state index contributed by atoms with van der Waals surface area (Å²) in [5.74, 6) is -0.468. The molecule has 8 heteroatoms. The average Bonchev–Trinajstić information content (AvgIpc) is 2.82. The Kier molecular flexibility index (Phi) is 6.62. The van der Waals surface area contributed by atoms with Gasteiger partial charge >= 0.3 is 0 Å². The van der Waals surface area contributed by atoms with Gasteiger partial charge in [-0.2, -0.15) is 0 Å². The second-order valence-electron chi connectivity index (χ2n) is 7.44. The molecule has 6 nitrogen and oxygen atoms in total. The van der Waals surface area contributed by atoms with E-state index in [2.05, 4.69) is 15.0 Å². The van der Waals surface area contributed by atoms with E-state index in [-0.39, 0.29) is 27.2 Å². The van der Waals surface area contributed by atoms with Crippen molar-refractivity contribution in [3.05, 3.63) is 101 Å². The van der Waals surface area contributed by atoms with E-state index in [1.807, 2.05) is 37.3 Å². The van der Waals surface area contributed by atoms with Gasteiger partial charge in [-0.1, -0.05) is 73.1 Å². The Morgan fingerprint density at radius 3 is 2.45 bits per heavy atom. The van der Waals surface area contributed by atoms with Gasteiger partial charge in [0.2, 0.25) is 0 Å². The highest BCUT2D eigenvalue weighted by molar-refractivity contribution is 7.93. The molecule has 1 atom stereocenters. The number of rotatable bonds is 7. The number of fused-ring (bicyclic) bond motifs is 1. The highest BCUT2D eigenvalue weighted by Gasteiger charge is 2.24. The fraction of sp³-hybridized carbons (Fsp3) is 0.120. The maximum atomic E-state index is 13.3. The van der Waals surface area contributed by atoms with E-state index in [1.165, 1.54) is 18.3 Å². The van der Waals surface area contributed by atoms with Gasteiger partial charge in [0.1, 0.15) is 4.90 Å². The number of nitrogens with zero attached hydrogens (tertiary/aromatic N) is 1. The largest absolute Gasteiger partial charge is 0.345 e. The van der Waals surface area contributed by atoms with Crippen molar-refractivity contribution in [2.24, 2.45) is 0 Å². The number of para-hydroxylation sites is 1. The molecule has 0 spiro atoms. The predicted octanol–water partition coefficient (Wildman–Crippen LogP) is 5.57. The van der Waals surface area contributed by atoms with Gasteiger partial charge in [-0.15, -0.1) is 0 Å². The van der Waals surface area contributed by atoms with Gasteiger partial charge in [0.05, 0.1) is 27.8 Å². The number of nitrogens with one attached hydrogen (secondary N) is 2. The molecule has 33 heavy (non-hydrogen) atoms. The van der Waals surface area contributed by atoms with Crippen LogP contribution in [0.4, 0.5) is 5.69 Å².